The van der Waals surface area contributed by atoms with Crippen molar-refractivity contribution < 1.29 is 17.6 Å². The Balaban J connectivity index is 1.68. The lowest BCUT2D eigenvalue weighted by Gasteiger charge is -2.08. The summed E-state index contributed by atoms with van der Waals surface area (Å²) in [7, 11) is -2.27. The van der Waals surface area contributed by atoms with Gasteiger partial charge in [0.2, 0.25) is 5.09 Å². The van der Waals surface area contributed by atoms with Crippen molar-refractivity contribution in [3.8, 4) is 5.82 Å². The summed E-state index contributed by atoms with van der Waals surface area (Å²) in [5.74, 6) is -0.0764. The molecule has 1 N–H and O–H groups in total. The fourth-order valence-corrected chi connectivity index (χ4v) is 4.29. The van der Waals surface area contributed by atoms with Crippen LogP contribution in [-0.4, -0.2) is 28.7 Å². The van der Waals surface area contributed by atoms with Crippen molar-refractivity contribution >= 4 is 44.5 Å². The van der Waals surface area contributed by atoms with Gasteiger partial charge in [-0.05, 0) is 49.4 Å². The average Bonchev–Trinajstić information content (AvgIpc) is 3.39. The quantitative estimate of drug-likeness (QED) is 0.475. The predicted molar refractivity (Wildman–Crippen MR) is 113 cm³/mol. The van der Waals surface area contributed by atoms with E-state index in [0.717, 1.165) is 22.8 Å². The normalized spacial score (nSPS) is 12.1. The minimum Gasteiger partial charge on any atom is -0.451 e. The van der Waals surface area contributed by atoms with Gasteiger partial charge < -0.3 is 8.98 Å². The van der Waals surface area contributed by atoms with E-state index in [1.807, 2.05) is 40.6 Å². The highest BCUT2D eigenvalue weighted by atomic mass is 35.5. The number of halogens is 1. The van der Waals surface area contributed by atoms with Crippen molar-refractivity contribution in [2.45, 2.75) is 12.0 Å². The van der Waals surface area contributed by atoms with Crippen LogP contribution < -0.4 is 4.72 Å². The first kappa shape index (κ1) is 20.0. The van der Waals surface area contributed by atoms with Crippen molar-refractivity contribution in [2.24, 2.45) is 7.05 Å². The highest BCUT2D eigenvalue weighted by Gasteiger charge is 2.20. The molecule has 0 saturated heterocycles. The number of hydrogen-bond donors (Lipinski definition) is 1. The molecule has 0 saturated carbocycles. The molecule has 0 spiro atoms. The third kappa shape index (κ3) is 3.64. The number of sulfonamides is 1. The molecule has 3 heterocycles. The molecule has 0 atom stereocenters. The molecule has 3 aromatic heterocycles. The molecule has 1 aromatic carbocycles. The molecule has 8 nitrogen and oxygen atoms in total. The number of aromatic nitrogens is 3. The molecule has 0 aliphatic heterocycles. The number of benzene rings is 1. The molecule has 0 aliphatic carbocycles. The molecule has 30 heavy (non-hydrogen) atoms. The van der Waals surface area contributed by atoms with Crippen LogP contribution in [0.4, 0.5) is 0 Å². The SMILES string of the molecule is Cc1nn(C)c(-n2ccc3cc(Cl)ccc32)c1/C=C/C(=O)NS(=O)(=O)c1ccco1. The van der Waals surface area contributed by atoms with E-state index in [0.29, 0.717) is 16.3 Å². The van der Waals surface area contributed by atoms with Crippen molar-refractivity contribution in [2.75, 3.05) is 0 Å². The molecule has 154 valence electrons. The third-order valence-electron chi connectivity index (χ3n) is 4.51. The summed E-state index contributed by atoms with van der Waals surface area (Å²) < 4.78 is 34.7. The van der Waals surface area contributed by atoms with E-state index in [4.69, 9.17) is 16.0 Å². The Morgan fingerprint density at radius 1 is 1.27 bits per heavy atom. The molecule has 0 radical (unpaired) electrons. The van der Waals surface area contributed by atoms with E-state index < -0.39 is 15.9 Å². The number of aryl methyl sites for hydroxylation is 2. The number of hydrogen-bond acceptors (Lipinski definition) is 5. The Morgan fingerprint density at radius 3 is 2.80 bits per heavy atom. The maximum Gasteiger partial charge on any atom is 0.297 e. The van der Waals surface area contributed by atoms with E-state index in [9.17, 15) is 13.2 Å². The second kappa shape index (κ2) is 7.51. The van der Waals surface area contributed by atoms with E-state index in [1.54, 1.807) is 17.8 Å². The monoisotopic (exact) mass is 444 g/mol. The van der Waals surface area contributed by atoms with Gasteiger partial charge in [-0.15, -0.1) is 0 Å². The molecule has 10 heteroatoms. The van der Waals surface area contributed by atoms with Gasteiger partial charge in [-0.2, -0.15) is 13.5 Å². The predicted octanol–water partition coefficient (Wildman–Crippen LogP) is 3.44. The number of rotatable bonds is 5. The largest absolute Gasteiger partial charge is 0.451 e. The molecule has 0 bridgehead atoms. The molecular weight excluding hydrogens is 428 g/mol. The summed E-state index contributed by atoms with van der Waals surface area (Å²) in [5, 5.41) is 5.70. The lowest BCUT2D eigenvalue weighted by Crippen LogP contribution is -2.28. The number of nitrogens with zero attached hydrogens (tertiary/aromatic N) is 3. The van der Waals surface area contributed by atoms with Crippen LogP contribution in [0.1, 0.15) is 11.3 Å². The molecular formula is C20H17ClN4O4S. The summed E-state index contributed by atoms with van der Waals surface area (Å²) in [4.78, 5) is 12.2. The standard InChI is InChI=1S/C20H17ClN4O4S/c1-13-16(6-8-18(26)23-30(27,28)19-4-3-11-29-19)20(24(2)22-13)25-10-9-14-12-15(21)5-7-17(14)25/h3-12H,1-2H3,(H,23,26)/b8-6+. The summed E-state index contributed by atoms with van der Waals surface area (Å²) in [6, 6.07) is 10.2. The molecule has 1 amide bonds. The fraction of sp³-hybridized carbons (Fsp3) is 0.100. The number of furan rings is 1. The zero-order chi connectivity index (χ0) is 21.5. The number of carbonyl (C=O) groups excluding carboxylic acids is 1. The van der Waals surface area contributed by atoms with Crippen LogP contribution >= 0.6 is 11.6 Å². The van der Waals surface area contributed by atoms with Crippen LogP contribution in [0, 0.1) is 6.92 Å². The van der Waals surface area contributed by atoms with Gasteiger partial charge in [0.15, 0.2) is 0 Å². The maximum absolute atomic E-state index is 12.2. The first-order chi connectivity index (χ1) is 14.3. The topological polar surface area (TPSA) is 99.1 Å². The average molecular weight is 445 g/mol. The highest BCUT2D eigenvalue weighted by molar-refractivity contribution is 7.89. The number of amides is 1. The Labute approximate surface area is 177 Å². The number of nitrogens with one attached hydrogen (secondary N) is 1. The first-order valence-corrected chi connectivity index (χ1v) is 10.7. The van der Waals surface area contributed by atoms with Crippen LogP contribution in [0.2, 0.25) is 5.02 Å². The Bertz CT molecular complexity index is 1380. The van der Waals surface area contributed by atoms with Crippen LogP contribution in [0.25, 0.3) is 22.8 Å². The van der Waals surface area contributed by atoms with Crippen molar-refractivity contribution in [1.29, 1.82) is 0 Å². The number of fused-ring (bicyclic) bond motifs is 1. The summed E-state index contributed by atoms with van der Waals surface area (Å²) in [5.41, 5.74) is 2.28. The number of carbonyl (C=O) groups is 1. The first-order valence-electron chi connectivity index (χ1n) is 8.85. The minimum absolute atomic E-state index is 0.333. The van der Waals surface area contributed by atoms with E-state index in [1.165, 1.54) is 24.5 Å². The van der Waals surface area contributed by atoms with Gasteiger partial charge in [0.1, 0.15) is 5.82 Å². The van der Waals surface area contributed by atoms with Crippen LogP contribution in [-0.2, 0) is 21.9 Å². The summed E-state index contributed by atoms with van der Waals surface area (Å²) in [6.45, 7) is 1.81. The summed E-state index contributed by atoms with van der Waals surface area (Å²) >= 11 is 6.08. The van der Waals surface area contributed by atoms with E-state index >= 15 is 0 Å². The van der Waals surface area contributed by atoms with Gasteiger partial charge in [0.05, 0.1) is 17.5 Å². The molecule has 0 unspecified atom stereocenters. The van der Waals surface area contributed by atoms with Gasteiger partial charge in [0.25, 0.3) is 15.9 Å². The zero-order valence-corrected chi connectivity index (χ0v) is 17.6. The molecule has 0 fully saturated rings. The molecule has 0 aliphatic rings. The van der Waals surface area contributed by atoms with Crippen LogP contribution in [0.3, 0.4) is 0 Å². The lowest BCUT2D eigenvalue weighted by atomic mass is 10.2. The van der Waals surface area contributed by atoms with Gasteiger partial charge in [-0.3, -0.25) is 9.48 Å². The van der Waals surface area contributed by atoms with Gasteiger partial charge in [-0.25, -0.2) is 4.72 Å². The Morgan fingerprint density at radius 2 is 2.07 bits per heavy atom. The Kier molecular flexibility index (Phi) is 5.00. The summed E-state index contributed by atoms with van der Waals surface area (Å²) in [6.07, 6.45) is 5.79. The zero-order valence-electron chi connectivity index (χ0n) is 16.0. The van der Waals surface area contributed by atoms with Gasteiger partial charge >= 0.3 is 0 Å². The Hall–Kier alpha value is -3.30. The molecule has 4 aromatic rings. The lowest BCUT2D eigenvalue weighted by molar-refractivity contribution is -0.114. The smallest absolute Gasteiger partial charge is 0.297 e. The van der Waals surface area contributed by atoms with Crippen molar-refractivity contribution in [3.63, 3.8) is 0 Å². The fourth-order valence-electron chi connectivity index (χ4n) is 3.23. The van der Waals surface area contributed by atoms with E-state index in [2.05, 4.69) is 5.10 Å². The minimum atomic E-state index is -4.07. The van der Waals surface area contributed by atoms with Crippen molar-refractivity contribution in [1.82, 2.24) is 19.1 Å². The molecule has 4 rings (SSSR count). The van der Waals surface area contributed by atoms with Gasteiger partial charge in [-0.1, -0.05) is 11.6 Å². The van der Waals surface area contributed by atoms with Gasteiger partial charge in [0, 0.05) is 35.3 Å². The van der Waals surface area contributed by atoms with E-state index in [-0.39, 0.29) is 5.09 Å². The maximum atomic E-state index is 12.2. The second-order valence-corrected chi connectivity index (χ2v) is 8.62. The van der Waals surface area contributed by atoms with Crippen LogP contribution in [0.5, 0.6) is 0 Å². The second-order valence-electron chi connectivity index (χ2n) is 6.57. The highest BCUT2D eigenvalue weighted by Crippen LogP contribution is 2.27. The van der Waals surface area contributed by atoms with Crippen LogP contribution in [0.15, 0.2) is 64.4 Å². The third-order valence-corrected chi connectivity index (χ3v) is 5.98. The van der Waals surface area contributed by atoms with Crippen molar-refractivity contribution in [3.05, 3.63) is 71.2 Å².